The van der Waals surface area contributed by atoms with E-state index < -0.39 is 5.76 Å². The molecule has 2 aromatic rings. The third-order valence-electron chi connectivity index (χ3n) is 3.31. The molecule has 1 aromatic carbocycles. The van der Waals surface area contributed by atoms with Crippen molar-refractivity contribution in [2.24, 2.45) is 5.92 Å². The molecular weight excluding hydrogens is 244 g/mol. The highest BCUT2D eigenvalue weighted by molar-refractivity contribution is 5.78. The number of hydrogen-bond acceptors (Lipinski definition) is 3. The fraction of sp³-hybridized carbons (Fsp3) is 0.429. The van der Waals surface area contributed by atoms with E-state index in [9.17, 15) is 9.59 Å². The summed E-state index contributed by atoms with van der Waals surface area (Å²) < 4.78 is 4.92. The van der Waals surface area contributed by atoms with Gasteiger partial charge in [-0.05, 0) is 30.5 Å². The van der Waals surface area contributed by atoms with Crippen LogP contribution in [0.3, 0.4) is 0 Å². The number of fused-ring (bicyclic) bond motifs is 1. The SMILES string of the molecule is CCC(CC)C(=O)NCc1ccc2oc(=O)[nH]c2c1. The van der Waals surface area contributed by atoms with Crippen LogP contribution in [0.15, 0.2) is 27.4 Å². The van der Waals surface area contributed by atoms with Gasteiger partial charge in [-0.2, -0.15) is 0 Å². The zero-order chi connectivity index (χ0) is 13.8. The van der Waals surface area contributed by atoms with Gasteiger partial charge in [-0.3, -0.25) is 9.78 Å². The minimum Gasteiger partial charge on any atom is -0.408 e. The Morgan fingerprint density at radius 1 is 1.37 bits per heavy atom. The molecular formula is C14H18N2O3. The summed E-state index contributed by atoms with van der Waals surface area (Å²) in [5.74, 6) is -0.323. The first-order valence-electron chi connectivity index (χ1n) is 6.53. The molecule has 5 nitrogen and oxygen atoms in total. The first-order valence-corrected chi connectivity index (χ1v) is 6.53. The first-order chi connectivity index (χ1) is 9.13. The first kappa shape index (κ1) is 13.4. The van der Waals surface area contributed by atoms with Crippen LogP contribution in [-0.4, -0.2) is 10.9 Å². The van der Waals surface area contributed by atoms with Gasteiger partial charge in [-0.25, -0.2) is 4.79 Å². The summed E-state index contributed by atoms with van der Waals surface area (Å²) >= 11 is 0. The monoisotopic (exact) mass is 262 g/mol. The number of oxazole rings is 1. The highest BCUT2D eigenvalue weighted by Gasteiger charge is 2.13. The number of amides is 1. The maximum Gasteiger partial charge on any atom is 0.417 e. The van der Waals surface area contributed by atoms with Crippen LogP contribution < -0.4 is 11.1 Å². The van der Waals surface area contributed by atoms with Crippen LogP contribution in [0.2, 0.25) is 0 Å². The minimum atomic E-state index is -0.465. The molecule has 1 amide bonds. The van der Waals surface area contributed by atoms with Crippen LogP contribution >= 0.6 is 0 Å². The second kappa shape index (κ2) is 5.73. The Kier molecular flexibility index (Phi) is 4.04. The largest absolute Gasteiger partial charge is 0.417 e. The van der Waals surface area contributed by atoms with Crippen molar-refractivity contribution in [1.82, 2.24) is 10.3 Å². The van der Waals surface area contributed by atoms with Crippen LogP contribution in [0.1, 0.15) is 32.3 Å². The molecule has 0 saturated carbocycles. The molecule has 0 aliphatic rings. The second-order valence-electron chi connectivity index (χ2n) is 4.58. The molecule has 1 aromatic heterocycles. The van der Waals surface area contributed by atoms with Crippen molar-refractivity contribution in [3.8, 4) is 0 Å². The lowest BCUT2D eigenvalue weighted by atomic mass is 10.0. The van der Waals surface area contributed by atoms with E-state index in [-0.39, 0.29) is 11.8 Å². The summed E-state index contributed by atoms with van der Waals surface area (Å²) in [7, 11) is 0. The summed E-state index contributed by atoms with van der Waals surface area (Å²) in [6, 6.07) is 5.38. The Morgan fingerprint density at radius 2 is 2.11 bits per heavy atom. The maximum atomic E-state index is 11.9. The summed E-state index contributed by atoms with van der Waals surface area (Å²) in [4.78, 5) is 25.5. The summed E-state index contributed by atoms with van der Waals surface area (Å²) in [6.45, 7) is 4.48. The Morgan fingerprint density at radius 3 is 2.79 bits per heavy atom. The minimum absolute atomic E-state index is 0.0671. The van der Waals surface area contributed by atoms with Gasteiger partial charge in [0.2, 0.25) is 5.91 Å². The molecule has 0 unspecified atom stereocenters. The van der Waals surface area contributed by atoms with Gasteiger partial charge < -0.3 is 9.73 Å². The number of rotatable bonds is 5. The zero-order valence-corrected chi connectivity index (χ0v) is 11.2. The van der Waals surface area contributed by atoms with Gasteiger partial charge in [0.1, 0.15) is 0 Å². The van der Waals surface area contributed by atoms with Crippen molar-refractivity contribution >= 4 is 17.0 Å². The van der Waals surface area contributed by atoms with E-state index in [1.165, 1.54) is 0 Å². The number of H-pyrrole nitrogens is 1. The lowest BCUT2D eigenvalue weighted by molar-refractivity contribution is -0.125. The number of hydrogen-bond donors (Lipinski definition) is 2. The lowest BCUT2D eigenvalue weighted by Crippen LogP contribution is -2.29. The molecule has 0 aliphatic carbocycles. The Balaban J connectivity index is 2.05. The van der Waals surface area contributed by atoms with Crippen LogP contribution in [0.25, 0.3) is 11.1 Å². The molecule has 1 heterocycles. The highest BCUT2D eigenvalue weighted by Crippen LogP contribution is 2.13. The van der Waals surface area contributed by atoms with Crippen molar-refractivity contribution in [3.63, 3.8) is 0 Å². The quantitative estimate of drug-likeness (QED) is 0.867. The average molecular weight is 262 g/mol. The molecule has 0 atom stereocenters. The van der Waals surface area contributed by atoms with Crippen molar-refractivity contribution in [2.75, 3.05) is 0 Å². The predicted molar refractivity (Wildman–Crippen MR) is 72.8 cm³/mol. The average Bonchev–Trinajstić information content (AvgIpc) is 2.77. The Labute approximate surface area is 111 Å². The third kappa shape index (κ3) is 3.05. The molecule has 0 saturated heterocycles. The summed E-state index contributed by atoms with van der Waals surface area (Å²) in [6.07, 6.45) is 1.69. The van der Waals surface area contributed by atoms with E-state index in [0.717, 1.165) is 18.4 Å². The van der Waals surface area contributed by atoms with Gasteiger partial charge in [-0.15, -0.1) is 0 Å². The predicted octanol–water partition coefficient (Wildman–Crippen LogP) is 2.17. The van der Waals surface area contributed by atoms with Crippen LogP contribution in [-0.2, 0) is 11.3 Å². The summed E-state index contributed by atoms with van der Waals surface area (Å²) in [5, 5.41) is 2.91. The topological polar surface area (TPSA) is 75.1 Å². The molecule has 0 spiro atoms. The van der Waals surface area contributed by atoms with Gasteiger partial charge in [0.25, 0.3) is 0 Å². The van der Waals surface area contributed by atoms with E-state index in [1.54, 1.807) is 6.07 Å². The molecule has 0 fully saturated rings. The lowest BCUT2D eigenvalue weighted by Gasteiger charge is -2.12. The van der Waals surface area contributed by atoms with Crippen molar-refractivity contribution in [1.29, 1.82) is 0 Å². The molecule has 0 radical (unpaired) electrons. The van der Waals surface area contributed by atoms with E-state index in [1.807, 2.05) is 26.0 Å². The van der Waals surface area contributed by atoms with Gasteiger partial charge in [0, 0.05) is 12.5 Å². The molecule has 5 heteroatoms. The fourth-order valence-corrected chi connectivity index (χ4v) is 2.10. The second-order valence-corrected chi connectivity index (χ2v) is 4.58. The smallest absolute Gasteiger partial charge is 0.408 e. The Bertz CT molecular complexity index is 623. The number of nitrogens with one attached hydrogen (secondary N) is 2. The van der Waals surface area contributed by atoms with Crippen molar-refractivity contribution < 1.29 is 9.21 Å². The van der Waals surface area contributed by atoms with Gasteiger partial charge in [0.05, 0.1) is 5.52 Å². The Hall–Kier alpha value is -2.04. The molecule has 0 aliphatic heterocycles. The molecule has 0 bridgehead atoms. The highest BCUT2D eigenvalue weighted by atomic mass is 16.4. The van der Waals surface area contributed by atoms with Crippen LogP contribution in [0.5, 0.6) is 0 Å². The number of benzene rings is 1. The molecule has 2 rings (SSSR count). The number of aromatic nitrogens is 1. The zero-order valence-electron chi connectivity index (χ0n) is 11.2. The molecule has 19 heavy (non-hydrogen) atoms. The fourth-order valence-electron chi connectivity index (χ4n) is 2.10. The van der Waals surface area contributed by atoms with E-state index in [2.05, 4.69) is 10.3 Å². The van der Waals surface area contributed by atoms with E-state index in [4.69, 9.17) is 4.42 Å². The van der Waals surface area contributed by atoms with E-state index in [0.29, 0.717) is 17.6 Å². The number of carbonyl (C=O) groups excluding carboxylic acids is 1. The van der Waals surface area contributed by atoms with Crippen LogP contribution in [0.4, 0.5) is 0 Å². The molecule has 102 valence electrons. The van der Waals surface area contributed by atoms with Crippen LogP contribution in [0, 0.1) is 5.92 Å². The maximum absolute atomic E-state index is 11.9. The van der Waals surface area contributed by atoms with Crippen molar-refractivity contribution in [3.05, 3.63) is 34.3 Å². The van der Waals surface area contributed by atoms with E-state index >= 15 is 0 Å². The van der Waals surface area contributed by atoms with Gasteiger partial charge in [-0.1, -0.05) is 19.9 Å². The normalized spacial score (nSPS) is 11.1. The van der Waals surface area contributed by atoms with Crippen molar-refractivity contribution in [2.45, 2.75) is 33.2 Å². The summed E-state index contributed by atoms with van der Waals surface area (Å²) in [5.41, 5.74) is 2.11. The number of aromatic amines is 1. The van der Waals surface area contributed by atoms with Gasteiger partial charge in [0.15, 0.2) is 5.58 Å². The molecule has 2 N–H and O–H groups in total. The standard InChI is InChI=1S/C14H18N2O3/c1-3-10(4-2)13(17)15-8-9-5-6-12-11(7-9)16-14(18)19-12/h5-7,10H,3-4,8H2,1-2H3,(H,15,17)(H,16,18). The third-order valence-corrected chi connectivity index (χ3v) is 3.31. The van der Waals surface area contributed by atoms with Gasteiger partial charge >= 0.3 is 5.76 Å². The number of carbonyl (C=O) groups is 1.